The molecular formula is C15H18Cl2O. The van der Waals surface area contributed by atoms with E-state index in [0.717, 1.165) is 17.9 Å². The molecule has 0 spiro atoms. The van der Waals surface area contributed by atoms with Gasteiger partial charge in [-0.2, -0.15) is 0 Å². The lowest BCUT2D eigenvalue weighted by atomic mass is 9.97. The first-order valence-electron chi connectivity index (χ1n) is 6.61. The highest BCUT2D eigenvalue weighted by atomic mass is 35.5. The molecule has 0 N–H and O–H groups in total. The first-order chi connectivity index (χ1) is 8.65. The molecule has 2 rings (SSSR count). The molecule has 0 unspecified atom stereocenters. The fraction of sp³-hybridized carbons (Fsp3) is 0.533. The van der Waals surface area contributed by atoms with Crippen molar-refractivity contribution >= 4 is 29.0 Å². The van der Waals surface area contributed by atoms with Gasteiger partial charge in [-0.1, -0.05) is 55.0 Å². The highest BCUT2D eigenvalue weighted by Gasteiger charge is 2.16. The molecule has 0 radical (unpaired) electrons. The summed E-state index contributed by atoms with van der Waals surface area (Å²) in [6, 6.07) is 5.33. The zero-order chi connectivity index (χ0) is 13.0. The molecule has 1 fully saturated rings. The number of hydrogen-bond donors (Lipinski definition) is 0. The summed E-state index contributed by atoms with van der Waals surface area (Å²) in [7, 11) is 0. The molecule has 98 valence electrons. The second-order valence-corrected chi connectivity index (χ2v) is 5.98. The van der Waals surface area contributed by atoms with Gasteiger partial charge in [0.05, 0.1) is 0 Å². The van der Waals surface area contributed by atoms with Crippen molar-refractivity contribution in [1.29, 1.82) is 0 Å². The average Bonchev–Trinajstić information content (AvgIpc) is 2.83. The second kappa shape index (κ2) is 6.58. The summed E-state index contributed by atoms with van der Waals surface area (Å²) in [6.07, 6.45) is 7.43. The summed E-state index contributed by atoms with van der Waals surface area (Å²) in [5.74, 6) is 1.06. The highest BCUT2D eigenvalue weighted by Crippen LogP contribution is 2.29. The van der Waals surface area contributed by atoms with Crippen LogP contribution in [-0.4, -0.2) is 5.78 Å². The molecule has 0 saturated heterocycles. The molecular weight excluding hydrogens is 267 g/mol. The third kappa shape index (κ3) is 4.00. The minimum atomic E-state index is 0.283. The monoisotopic (exact) mass is 284 g/mol. The van der Waals surface area contributed by atoms with Crippen molar-refractivity contribution in [3.05, 3.63) is 33.8 Å². The standard InChI is InChI=1S/C15H18Cl2O/c16-13-7-6-12(15(17)10-13)9-14(18)8-5-11-3-1-2-4-11/h6-7,10-11H,1-5,8-9H2. The Hall–Kier alpha value is -0.530. The molecule has 0 bridgehead atoms. The van der Waals surface area contributed by atoms with E-state index in [1.54, 1.807) is 12.1 Å². The van der Waals surface area contributed by atoms with Crippen molar-refractivity contribution in [2.75, 3.05) is 0 Å². The van der Waals surface area contributed by atoms with E-state index < -0.39 is 0 Å². The molecule has 0 heterocycles. The third-order valence-electron chi connectivity index (χ3n) is 3.71. The first kappa shape index (κ1) is 13.9. The fourth-order valence-electron chi connectivity index (χ4n) is 2.63. The van der Waals surface area contributed by atoms with Gasteiger partial charge in [-0.25, -0.2) is 0 Å². The van der Waals surface area contributed by atoms with Crippen LogP contribution in [0.2, 0.25) is 10.0 Å². The summed E-state index contributed by atoms with van der Waals surface area (Å²) in [5, 5.41) is 1.21. The Morgan fingerprint density at radius 1 is 1.22 bits per heavy atom. The Kier molecular flexibility index (Phi) is 5.08. The molecule has 1 aromatic rings. The van der Waals surface area contributed by atoms with Crippen LogP contribution in [0.5, 0.6) is 0 Å². The van der Waals surface area contributed by atoms with Gasteiger partial charge in [0.2, 0.25) is 0 Å². The number of benzene rings is 1. The molecule has 1 aromatic carbocycles. The van der Waals surface area contributed by atoms with E-state index in [9.17, 15) is 4.79 Å². The largest absolute Gasteiger partial charge is 0.299 e. The second-order valence-electron chi connectivity index (χ2n) is 5.14. The van der Waals surface area contributed by atoms with Crippen molar-refractivity contribution < 1.29 is 4.79 Å². The van der Waals surface area contributed by atoms with Crippen LogP contribution in [0.3, 0.4) is 0 Å². The summed E-state index contributed by atoms with van der Waals surface area (Å²) >= 11 is 11.9. The maximum absolute atomic E-state index is 11.9. The molecule has 0 aromatic heterocycles. The molecule has 1 aliphatic rings. The van der Waals surface area contributed by atoms with Crippen LogP contribution in [0.4, 0.5) is 0 Å². The molecule has 0 atom stereocenters. The molecule has 1 aliphatic carbocycles. The Morgan fingerprint density at radius 3 is 2.61 bits per heavy atom. The highest BCUT2D eigenvalue weighted by molar-refractivity contribution is 6.35. The van der Waals surface area contributed by atoms with Gasteiger partial charge in [-0.15, -0.1) is 0 Å². The zero-order valence-corrected chi connectivity index (χ0v) is 11.9. The molecule has 1 saturated carbocycles. The van der Waals surface area contributed by atoms with Gasteiger partial charge in [-0.3, -0.25) is 4.79 Å². The van der Waals surface area contributed by atoms with Crippen LogP contribution < -0.4 is 0 Å². The number of Topliss-reactive ketones (excluding diaryl/α,β-unsaturated/α-hetero) is 1. The maximum atomic E-state index is 11.9. The van der Waals surface area contributed by atoms with Gasteiger partial charge in [0, 0.05) is 22.9 Å². The predicted molar refractivity (Wildman–Crippen MR) is 76.4 cm³/mol. The Morgan fingerprint density at radius 2 is 1.94 bits per heavy atom. The van der Waals surface area contributed by atoms with Crippen LogP contribution in [0.25, 0.3) is 0 Å². The quantitative estimate of drug-likeness (QED) is 0.737. The summed E-state index contributed by atoms with van der Waals surface area (Å²) in [5.41, 5.74) is 0.887. The van der Waals surface area contributed by atoms with Gasteiger partial charge < -0.3 is 0 Å². The van der Waals surface area contributed by atoms with E-state index >= 15 is 0 Å². The van der Waals surface area contributed by atoms with Crippen LogP contribution in [0.15, 0.2) is 18.2 Å². The van der Waals surface area contributed by atoms with E-state index in [2.05, 4.69) is 0 Å². The van der Waals surface area contributed by atoms with Crippen LogP contribution in [-0.2, 0) is 11.2 Å². The van der Waals surface area contributed by atoms with Crippen LogP contribution in [0.1, 0.15) is 44.1 Å². The van der Waals surface area contributed by atoms with Crippen molar-refractivity contribution in [3.63, 3.8) is 0 Å². The third-order valence-corrected chi connectivity index (χ3v) is 4.30. The van der Waals surface area contributed by atoms with E-state index in [-0.39, 0.29) is 5.78 Å². The van der Waals surface area contributed by atoms with Crippen molar-refractivity contribution in [2.45, 2.75) is 44.9 Å². The molecule has 1 nitrogen and oxygen atoms in total. The van der Waals surface area contributed by atoms with E-state index in [4.69, 9.17) is 23.2 Å². The Labute approximate surface area is 118 Å². The van der Waals surface area contributed by atoms with Crippen LogP contribution in [0, 0.1) is 5.92 Å². The van der Waals surface area contributed by atoms with Gasteiger partial charge in [0.25, 0.3) is 0 Å². The molecule has 18 heavy (non-hydrogen) atoms. The van der Waals surface area contributed by atoms with E-state index in [1.165, 1.54) is 25.7 Å². The summed E-state index contributed by atoms with van der Waals surface area (Å²) in [4.78, 5) is 11.9. The van der Waals surface area contributed by atoms with Gasteiger partial charge in [-0.05, 0) is 30.0 Å². The smallest absolute Gasteiger partial charge is 0.137 e. The van der Waals surface area contributed by atoms with Crippen molar-refractivity contribution in [2.24, 2.45) is 5.92 Å². The number of ketones is 1. The first-order valence-corrected chi connectivity index (χ1v) is 7.36. The fourth-order valence-corrected chi connectivity index (χ4v) is 3.11. The number of rotatable bonds is 5. The SMILES string of the molecule is O=C(CCC1CCCC1)Cc1ccc(Cl)cc1Cl. The maximum Gasteiger partial charge on any atom is 0.137 e. The summed E-state index contributed by atoms with van der Waals surface area (Å²) < 4.78 is 0. The number of halogens is 2. The van der Waals surface area contributed by atoms with Gasteiger partial charge >= 0.3 is 0 Å². The normalized spacial score (nSPS) is 16.1. The lowest BCUT2D eigenvalue weighted by Crippen LogP contribution is -2.06. The molecule has 0 amide bonds. The molecule has 0 aliphatic heterocycles. The average molecular weight is 285 g/mol. The van der Waals surface area contributed by atoms with Gasteiger partial charge in [0.1, 0.15) is 5.78 Å². The predicted octanol–water partition coefficient (Wildman–Crippen LogP) is 5.08. The molecule has 3 heteroatoms. The number of hydrogen-bond acceptors (Lipinski definition) is 1. The summed E-state index contributed by atoms with van der Waals surface area (Å²) in [6.45, 7) is 0. The van der Waals surface area contributed by atoms with E-state index in [0.29, 0.717) is 22.9 Å². The zero-order valence-electron chi connectivity index (χ0n) is 10.4. The number of carbonyl (C=O) groups is 1. The van der Waals surface area contributed by atoms with Gasteiger partial charge in [0.15, 0.2) is 0 Å². The lowest BCUT2D eigenvalue weighted by Gasteiger charge is -2.08. The van der Waals surface area contributed by atoms with Crippen molar-refractivity contribution in [3.8, 4) is 0 Å². The Balaban J connectivity index is 1.82. The lowest BCUT2D eigenvalue weighted by molar-refractivity contribution is -0.118. The van der Waals surface area contributed by atoms with Crippen LogP contribution >= 0.6 is 23.2 Å². The van der Waals surface area contributed by atoms with Crippen molar-refractivity contribution in [1.82, 2.24) is 0 Å². The minimum absolute atomic E-state index is 0.283. The van der Waals surface area contributed by atoms with E-state index in [1.807, 2.05) is 6.07 Å². The topological polar surface area (TPSA) is 17.1 Å². The minimum Gasteiger partial charge on any atom is -0.299 e. The number of carbonyl (C=O) groups excluding carboxylic acids is 1. The Bertz CT molecular complexity index is 423.